The van der Waals surface area contributed by atoms with Crippen LogP contribution in [0.25, 0.3) is 0 Å². The third-order valence-electron chi connectivity index (χ3n) is 1.71. The molecule has 0 saturated carbocycles. The summed E-state index contributed by atoms with van der Waals surface area (Å²) in [5.41, 5.74) is 0.159. The molecule has 1 amide bonds. The van der Waals surface area contributed by atoms with Crippen LogP contribution < -0.4 is 0 Å². The van der Waals surface area contributed by atoms with E-state index in [1.807, 2.05) is 0 Å². The summed E-state index contributed by atoms with van der Waals surface area (Å²) in [5, 5.41) is 19.2. The van der Waals surface area contributed by atoms with E-state index in [9.17, 15) is 4.79 Å². The third-order valence-corrected chi connectivity index (χ3v) is 1.71. The van der Waals surface area contributed by atoms with E-state index in [1.165, 1.54) is 26.3 Å². The summed E-state index contributed by atoms with van der Waals surface area (Å²) in [7, 11) is 2.78. The zero-order valence-corrected chi connectivity index (χ0v) is 7.89. The molecule has 0 bridgehead atoms. The van der Waals surface area contributed by atoms with Crippen molar-refractivity contribution in [1.29, 1.82) is 0 Å². The van der Waals surface area contributed by atoms with Crippen molar-refractivity contribution in [3.05, 3.63) is 23.8 Å². The largest absolute Gasteiger partial charge is 0.508 e. The number of aromatic hydroxyl groups is 2. The molecule has 1 rings (SSSR count). The number of rotatable bonds is 2. The van der Waals surface area contributed by atoms with Crippen molar-refractivity contribution >= 4 is 5.91 Å². The van der Waals surface area contributed by atoms with E-state index >= 15 is 0 Å². The Morgan fingerprint density at radius 2 is 1.79 bits per heavy atom. The van der Waals surface area contributed by atoms with Crippen LogP contribution in [-0.4, -0.2) is 35.3 Å². The average Bonchev–Trinajstić information content (AvgIpc) is 2.14. The van der Waals surface area contributed by atoms with E-state index in [2.05, 4.69) is 4.84 Å². The number of hydrogen-bond donors (Lipinski definition) is 2. The average molecular weight is 197 g/mol. The van der Waals surface area contributed by atoms with E-state index < -0.39 is 5.91 Å². The maximum absolute atomic E-state index is 11.5. The van der Waals surface area contributed by atoms with E-state index in [1.54, 1.807) is 0 Å². The van der Waals surface area contributed by atoms with Crippen molar-refractivity contribution in [1.82, 2.24) is 5.06 Å². The van der Waals surface area contributed by atoms with E-state index in [0.29, 0.717) is 0 Å². The fourth-order valence-corrected chi connectivity index (χ4v) is 0.983. The van der Waals surface area contributed by atoms with Gasteiger partial charge in [0, 0.05) is 18.7 Å². The lowest BCUT2D eigenvalue weighted by atomic mass is 10.2. The molecule has 0 aliphatic rings. The lowest BCUT2D eigenvalue weighted by Gasteiger charge is -2.13. The number of amides is 1. The van der Waals surface area contributed by atoms with Crippen LogP contribution in [0.1, 0.15) is 10.4 Å². The summed E-state index contributed by atoms with van der Waals surface area (Å²) in [5.74, 6) is -0.783. The van der Waals surface area contributed by atoms with Gasteiger partial charge in [-0.25, -0.2) is 5.06 Å². The molecule has 1 aromatic rings. The van der Waals surface area contributed by atoms with Gasteiger partial charge in [-0.2, -0.15) is 0 Å². The van der Waals surface area contributed by atoms with Crippen LogP contribution in [0.2, 0.25) is 0 Å². The highest BCUT2D eigenvalue weighted by molar-refractivity contribution is 5.94. The van der Waals surface area contributed by atoms with Crippen LogP contribution in [0.5, 0.6) is 11.5 Å². The first-order valence-corrected chi connectivity index (χ1v) is 3.90. The Labute approximate surface area is 81.1 Å². The first-order valence-electron chi connectivity index (χ1n) is 3.90. The number of benzene rings is 1. The van der Waals surface area contributed by atoms with Crippen molar-refractivity contribution < 1.29 is 19.8 Å². The van der Waals surface area contributed by atoms with Crippen molar-refractivity contribution in [3.63, 3.8) is 0 Å². The predicted molar refractivity (Wildman–Crippen MR) is 48.9 cm³/mol. The number of carbonyl (C=O) groups is 1. The first kappa shape index (κ1) is 10.3. The molecule has 0 spiro atoms. The Balaban J connectivity index is 3.01. The van der Waals surface area contributed by atoms with Crippen molar-refractivity contribution in [2.24, 2.45) is 0 Å². The third kappa shape index (κ3) is 2.14. The molecular weight excluding hydrogens is 186 g/mol. The van der Waals surface area contributed by atoms with Gasteiger partial charge in [0.25, 0.3) is 5.91 Å². The van der Waals surface area contributed by atoms with E-state index in [-0.39, 0.29) is 17.1 Å². The first-order chi connectivity index (χ1) is 6.54. The van der Waals surface area contributed by atoms with Gasteiger partial charge < -0.3 is 10.2 Å². The maximum Gasteiger partial charge on any atom is 0.277 e. The molecule has 1 aromatic carbocycles. The number of hydroxylamine groups is 2. The molecule has 0 aliphatic heterocycles. The van der Waals surface area contributed by atoms with Crippen LogP contribution in [-0.2, 0) is 4.84 Å². The van der Waals surface area contributed by atoms with Gasteiger partial charge in [-0.1, -0.05) is 0 Å². The molecule has 0 aromatic heterocycles. The van der Waals surface area contributed by atoms with Crippen molar-refractivity contribution in [2.75, 3.05) is 14.2 Å². The molecule has 0 aliphatic carbocycles. The second kappa shape index (κ2) is 3.97. The molecule has 0 unspecified atom stereocenters. The van der Waals surface area contributed by atoms with Gasteiger partial charge in [0.15, 0.2) is 0 Å². The highest BCUT2D eigenvalue weighted by atomic mass is 16.7. The second-order valence-corrected chi connectivity index (χ2v) is 2.72. The van der Waals surface area contributed by atoms with Gasteiger partial charge in [0.05, 0.1) is 7.11 Å². The SMILES string of the molecule is CON(C)C(=O)c1cc(O)cc(O)c1. The summed E-state index contributed by atoms with van der Waals surface area (Å²) in [6.07, 6.45) is 0. The minimum Gasteiger partial charge on any atom is -0.508 e. The van der Waals surface area contributed by atoms with Gasteiger partial charge in [-0.15, -0.1) is 0 Å². The Hall–Kier alpha value is -1.75. The molecule has 14 heavy (non-hydrogen) atoms. The van der Waals surface area contributed by atoms with Crippen molar-refractivity contribution in [3.8, 4) is 11.5 Å². The normalized spacial score (nSPS) is 9.86. The van der Waals surface area contributed by atoms with Crippen LogP contribution in [0.15, 0.2) is 18.2 Å². The van der Waals surface area contributed by atoms with E-state index in [4.69, 9.17) is 10.2 Å². The standard InChI is InChI=1S/C9H11NO4/c1-10(14-2)9(13)6-3-7(11)5-8(12)4-6/h3-5,11-12H,1-2H3. The lowest BCUT2D eigenvalue weighted by molar-refractivity contribution is -0.0757. The summed E-state index contributed by atoms with van der Waals surface area (Å²) < 4.78 is 0. The minimum atomic E-state index is -0.446. The van der Waals surface area contributed by atoms with Crippen molar-refractivity contribution in [2.45, 2.75) is 0 Å². The molecule has 0 fully saturated rings. The molecule has 0 saturated heterocycles. The van der Waals surface area contributed by atoms with Crippen LogP contribution in [0.4, 0.5) is 0 Å². The van der Waals surface area contributed by atoms with Gasteiger partial charge in [0.2, 0.25) is 0 Å². The molecule has 2 N–H and O–H groups in total. The number of phenolic OH excluding ortho intramolecular Hbond substituents is 2. The predicted octanol–water partition coefficient (Wildman–Crippen LogP) is 0.731. The van der Waals surface area contributed by atoms with Crippen LogP contribution in [0, 0.1) is 0 Å². The van der Waals surface area contributed by atoms with Gasteiger partial charge >= 0.3 is 0 Å². The summed E-state index contributed by atoms with van der Waals surface area (Å²) in [4.78, 5) is 16.1. The number of nitrogens with zero attached hydrogens (tertiary/aromatic N) is 1. The minimum absolute atomic E-state index is 0.159. The zero-order chi connectivity index (χ0) is 10.7. The molecule has 0 atom stereocenters. The fourth-order valence-electron chi connectivity index (χ4n) is 0.983. The van der Waals surface area contributed by atoms with Crippen LogP contribution in [0.3, 0.4) is 0 Å². The summed E-state index contributed by atoms with van der Waals surface area (Å²) in [6.45, 7) is 0. The molecular formula is C9H11NO4. The van der Waals surface area contributed by atoms with E-state index in [0.717, 1.165) is 11.1 Å². The monoisotopic (exact) mass is 197 g/mol. The molecule has 5 heteroatoms. The van der Waals surface area contributed by atoms with Gasteiger partial charge in [-0.05, 0) is 12.1 Å². The fraction of sp³-hybridized carbons (Fsp3) is 0.222. The smallest absolute Gasteiger partial charge is 0.277 e. The van der Waals surface area contributed by atoms with Gasteiger partial charge in [0.1, 0.15) is 11.5 Å². The number of phenols is 2. The Morgan fingerprint density at radius 3 is 2.21 bits per heavy atom. The topological polar surface area (TPSA) is 70.0 Å². The highest BCUT2D eigenvalue weighted by Gasteiger charge is 2.12. The number of carbonyl (C=O) groups excluding carboxylic acids is 1. The lowest BCUT2D eigenvalue weighted by Crippen LogP contribution is -2.25. The maximum atomic E-state index is 11.5. The Morgan fingerprint density at radius 1 is 1.29 bits per heavy atom. The zero-order valence-electron chi connectivity index (χ0n) is 7.89. The second-order valence-electron chi connectivity index (χ2n) is 2.72. The summed E-state index contributed by atoms with van der Waals surface area (Å²) >= 11 is 0. The van der Waals surface area contributed by atoms with Gasteiger partial charge in [-0.3, -0.25) is 9.63 Å². The van der Waals surface area contributed by atoms with Crippen LogP contribution >= 0.6 is 0 Å². The number of hydrogen-bond acceptors (Lipinski definition) is 4. The quantitative estimate of drug-likeness (QED) is 0.686. The summed E-state index contributed by atoms with van der Waals surface area (Å²) in [6, 6.07) is 3.64. The Bertz CT molecular complexity index is 330. The molecule has 0 heterocycles. The molecule has 0 radical (unpaired) electrons. The molecule has 5 nitrogen and oxygen atoms in total. The molecule has 76 valence electrons. The highest BCUT2D eigenvalue weighted by Crippen LogP contribution is 2.21. The Kier molecular flexibility index (Phi) is 2.93.